The molecule has 0 atom stereocenters. The monoisotopic (exact) mass is 469 g/mol. The van der Waals surface area contributed by atoms with Crippen LogP contribution in [0.15, 0.2) is 127 Å². The second-order valence-electron chi connectivity index (χ2n) is 9.72. The van der Waals surface area contributed by atoms with Gasteiger partial charge in [-0.1, -0.05) is 96.5 Å². The van der Waals surface area contributed by atoms with E-state index in [0.717, 1.165) is 16.2 Å². The van der Waals surface area contributed by atoms with Gasteiger partial charge in [-0.3, -0.25) is 0 Å². The van der Waals surface area contributed by atoms with Gasteiger partial charge in [-0.2, -0.15) is 0 Å². The van der Waals surface area contributed by atoms with Crippen LogP contribution in [0.4, 0.5) is 0 Å². The number of benzene rings is 5. The Labute approximate surface area is 217 Å². The standard InChI is InChI=1S/C35H24BN/c1-23-25-13-14-27-21-24(12-19-33(27)36)11-17-29(23)30(18-15-25)26-16-20-35-32(22-26)31-9-5-6-10-34(31)37(35)28-7-3-2-4-8-28/h2-22H,1H3. The fourth-order valence-corrected chi connectivity index (χ4v) is 5.59. The molecule has 0 N–H and O–H groups in total. The van der Waals surface area contributed by atoms with E-state index < -0.39 is 0 Å². The van der Waals surface area contributed by atoms with Crippen molar-refractivity contribution in [2.75, 3.05) is 0 Å². The minimum absolute atomic E-state index is 0.798. The van der Waals surface area contributed by atoms with Gasteiger partial charge in [0.1, 0.15) is 7.85 Å². The van der Waals surface area contributed by atoms with Crippen molar-refractivity contribution < 1.29 is 0 Å². The number of para-hydroxylation sites is 2. The predicted octanol–water partition coefficient (Wildman–Crippen LogP) is 8.42. The molecule has 37 heavy (non-hydrogen) atoms. The third-order valence-electron chi connectivity index (χ3n) is 7.55. The molecule has 1 heterocycles. The maximum atomic E-state index is 6.21. The summed E-state index contributed by atoms with van der Waals surface area (Å²) in [6.07, 6.45) is 0. The van der Waals surface area contributed by atoms with Crippen molar-refractivity contribution in [3.8, 4) is 16.8 Å². The summed E-state index contributed by atoms with van der Waals surface area (Å²) < 4.78 is 2.36. The molecule has 7 rings (SSSR count). The van der Waals surface area contributed by atoms with Crippen LogP contribution >= 0.6 is 0 Å². The molecule has 0 amide bonds. The fourth-order valence-electron chi connectivity index (χ4n) is 5.59. The van der Waals surface area contributed by atoms with Gasteiger partial charge in [-0.15, -0.1) is 0 Å². The minimum Gasteiger partial charge on any atom is -0.309 e. The topological polar surface area (TPSA) is 4.93 Å². The van der Waals surface area contributed by atoms with Gasteiger partial charge in [0.15, 0.2) is 0 Å². The molecule has 7 aromatic rings. The molecule has 0 aliphatic carbocycles. The summed E-state index contributed by atoms with van der Waals surface area (Å²) in [7, 11) is 6.21. The lowest BCUT2D eigenvalue weighted by atomic mass is 9.91. The summed E-state index contributed by atoms with van der Waals surface area (Å²) in [5, 5.41) is 7.17. The number of rotatable bonds is 2. The number of aromatic nitrogens is 1. The Kier molecular flexibility index (Phi) is 5.01. The number of fused-ring (bicyclic) bond motifs is 7. The van der Waals surface area contributed by atoms with Crippen molar-refractivity contribution in [3.05, 3.63) is 133 Å². The maximum Gasteiger partial charge on any atom is 0.114 e. The molecule has 1 aromatic heterocycles. The average molecular weight is 469 g/mol. The highest BCUT2D eigenvalue weighted by atomic mass is 15.0. The molecule has 0 spiro atoms. The Balaban J connectivity index is 1.51. The molecule has 0 aliphatic heterocycles. The Bertz CT molecular complexity index is 2000. The Hall–Kier alpha value is -4.56. The molecular weight excluding hydrogens is 445 g/mol. The SMILES string of the molecule is [B]c1ccc2ccc3c(-c4ccc5c(c4)c4ccccc4n5-c4ccccc4)ccc(ccc1c2)c3C. The van der Waals surface area contributed by atoms with Crippen LogP contribution in [0.3, 0.4) is 0 Å². The van der Waals surface area contributed by atoms with Crippen LogP contribution in [0.2, 0.25) is 0 Å². The first-order valence-electron chi connectivity index (χ1n) is 12.7. The maximum absolute atomic E-state index is 6.21. The Morgan fingerprint density at radius 1 is 0.541 bits per heavy atom. The van der Waals surface area contributed by atoms with Crippen molar-refractivity contribution in [2.24, 2.45) is 0 Å². The molecule has 2 heteroatoms. The van der Waals surface area contributed by atoms with E-state index in [2.05, 4.69) is 133 Å². The largest absolute Gasteiger partial charge is 0.309 e. The molecular formula is C35H24BN. The van der Waals surface area contributed by atoms with Gasteiger partial charge in [0, 0.05) is 16.5 Å². The van der Waals surface area contributed by atoms with Gasteiger partial charge < -0.3 is 4.57 Å². The van der Waals surface area contributed by atoms with Crippen molar-refractivity contribution in [1.29, 1.82) is 0 Å². The molecule has 172 valence electrons. The number of nitrogens with zero attached hydrogens (tertiary/aromatic N) is 1. The van der Waals surface area contributed by atoms with Crippen molar-refractivity contribution in [1.82, 2.24) is 4.57 Å². The quantitative estimate of drug-likeness (QED) is 0.224. The summed E-state index contributed by atoms with van der Waals surface area (Å²) in [5.41, 5.74) is 8.13. The molecule has 0 saturated heterocycles. The van der Waals surface area contributed by atoms with Crippen LogP contribution in [0.5, 0.6) is 0 Å². The first kappa shape index (κ1) is 21.7. The molecule has 0 unspecified atom stereocenters. The summed E-state index contributed by atoms with van der Waals surface area (Å²) in [5.74, 6) is 0. The highest BCUT2D eigenvalue weighted by Gasteiger charge is 2.14. The number of hydrogen-bond donors (Lipinski definition) is 0. The molecule has 1 nitrogen and oxygen atoms in total. The second-order valence-corrected chi connectivity index (χ2v) is 9.72. The normalized spacial score (nSPS) is 11.5. The van der Waals surface area contributed by atoms with Crippen LogP contribution in [-0.4, -0.2) is 12.4 Å². The highest BCUT2D eigenvalue weighted by molar-refractivity contribution is 6.37. The number of aryl methyl sites for hydroxylation is 1. The van der Waals surface area contributed by atoms with Crippen LogP contribution in [-0.2, 0) is 0 Å². The second kappa shape index (κ2) is 8.53. The van der Waals surface area contributed by atoms with Crippen molar-refractivity contribution >= 4 is 56.7 Å². The van der Waals surface area contributed by atoms with E-state index in [4.69, 9.17) is 7.85 Å². The zero-order valence-electron chi connectivity index (χ0n) is 20.6. The van der Waals surface area contributed by atoms with Crippen LogP contribution in [0.1, 0.15) is 5.56 Å². The lowest BCUT2D eigenvalue weighted by Crippen LogP contribution is -2.00. The van der Waals surface area contributed by atoms with E-state index in [0.29, 0.717) is 0 Å². The van der Waals surface area contributed by atoms with E-state index in [1.54, 1.807) is 0 Å². The predicted molar refractivity (Wildman–Crippen MR) is 160 cm³/mol. The van der Waals surface area contributed by atoms with Gasteiger partial charge in [-0.25, -0.2) is 0 Å². The zero-order chi connectivity index (χ0) is 24.9. The van der Waals surface area contributed by atoms with E-state index in [9.17, 15) is 0 Å². The highest BCUT2D eigenvalue weighted by Crippen LogP contribution is 2.37. The minimum atomic E-state index is 0.798. The van der Waals surface area contributed by atoms with Gasteiger partial charge in [0.05, 0.1) is 11.0 Å². The summed E-state index contributed by atoms with van der Waals surface area (Å²) in [4.78, 5) is 0. The van der Waals surface area contributed by atoms with Gasteiger partial charge in [0.25, 0.3) is 0 Å². The third-order valence-corrected chi connectivity index (χ3v) is 7.55. The molecule has 0 saturated carbocycles. The first-order chi connectivity index (χ1) is 18.2. The number of hydrogen-bond acceptors (Lipinski definition) is 0. The van der Waals surface area contributed by atoms with E-state index in [1.165, 1.54) is 55.0 Å². The van der Waals surface area contributed by atoms with Crippen LogP contribution in [0.25, 0.3) is 60.2 Å². The fraction of sp³-hybridized carbons (Fsp3) is 0.0286. The lowest BCUT2D eigenvalue weighted by Gasteiger charge is -2.11. The van der Waals surface area contributed by atoms with Crippen molar-refractivity contribution in [2.45, 2.75) is 6.92 Å². The van der Waals surface area contributed by atoms with Gasteiger partial charge >= 0.3 is 0 Å². The van der Waals surface area contributed by atoms with Crippen LogP contribution in [0, 0.1) is 6.92 Å². The molecule has 2 radical (unpaired) electrons. The van der Waals surface area contributed by atoms with Crippen LogP contribution < -0.4 is 5.46 Å². The summed E-state index contributed by atoms with van der Waals surface area (Å²) in [6.45, 7) is 2.21. The Morgan fingerprint density at radius 2 is 1.27 bits per heavy atom. The zero-order valence-corrected chi connectivity index (χ0v) is 20.6. The first-order valence-corrected chi connectivity index (χ1v) is 12.7. The smallest absolute Gasteiger partial charge is 0.114 e. The van der Waals surface area contributed by atoms with E-state index >= 15 is 0 Å². The van der Waals surface area contributed by atoms with Gasteiger partial charge in [-0.05, 0) is 81.6 Å². The summed E-state index contributed by atoms with van der Waals surface area (Å²) >= 11 is 0. The third kappa shape index (κ3) is 3.57. The molecule has 6 aromatic carbocycles. The molecule has 4 bridgehead atoms. The average Bonchev–Trinajstić information content (AvgIpc) is 3.26. The molecule has 0 fully saturated rings. The van der Waals surface area contributed by atoms with E-state index in [-0.39, 0.29) is 0 Å². The van der Waals surface area contributed by atoms with Crippen molar-refractivity contribution in [3.63, 3.8) is 0 Å². The lowest BCUT2D eigenvalue weighted by molar-refractivity contribution is 1.18. The Morgan fingerprint density at radius 3 is 2.16 bits per heavy atom. The van der Waals surface area contributed by atoms with E-state index in [1.807, 2.05) is 6.07 Å². The van der Waals surface area contributed by atoms with Gasteiger partial charge in [0.2, 0.25) is 0 Å². The molecule has 0 aliphatic rings. The summed E-state index contributed by atoms with van der Waals surface area (Å²) in [6, 6.07) is 45.6.